The van der Waals surface area contributed by atoms with Crippen molar-refractivity contribution in [1.29, 1.82) is 0 Å². The maximum atomic E-state index is 13.5. The molecule has 0 saturated carbocycles. The van der Waals surface area contributed by atoms with E-state index in [4.69, 9.17) is 0 Å². The van der Waals surface area contributed by atoms with Gasteiger partial charge in [-0.1, -0.05) is 49.7 Å². The average molecular weight is 365 g/mol. The molecule has 2 aromatic rings. The number of benzene rings is 2. The van der Waals surface area contributed by atoms with E-state index in [0.29, 0.717) is 6.42 Å². The zero-order chi connectivity index (χ0) is 18.6. The molecule has 6 heteroatoms. The maximum Gasteiger partial charge on any atom is 0.274 e. The Balaban J connectivity index is 2.48. The first-order valence-electron chi connectivity index (χ1n) is 8.00. The Bertz CT molecular complexity index is 871. The zero-order valence-electron chi connectivity index (χ0n) is 14.4. The molecule has 0 aliphatic heterocycles. The van der Waals surface area contributed by atoms with Gasteiger partial charge in [0.15, 0.2) is 0 Å². The van der Waals surface area contributed by atoms with Crippen LogP contribution in [0.25, 0.3) is 5.57 Å². The molecule has 2 rings (SSSR count). The van der Waals surface area contributed by atoms with Gasteiger partial charge in [-0.2, -0.15) is 8.78 Å². The Morgan fingerprint density at radius 2 is 1.68 bits per heavy atom. The highest BCUT2D eigenvalue weighted by Crippen LogP contribution is 2.35. The molecule has 2 aromatic carbocycles. The fourth-order valence-corrected chi connectivity index (χ4v) is 3.57. The molecule has 0 heterocycles. The summed E-state index contributed by atoms with van der Waals surface area (Å²) < 4.78 is 54.6. The third-order valence-electron chi connectivity index (χ3n) is 4.10. The van der Waals surface area contributed by atoms with E-state index in [2.05, 4.69) is 4.72 Å². The van der Waals surface area contributed by atoms with Gasteiger partial charge in [0.1, 0.15) is 0 Å². The number of para-hydroxylation sites is 1. The van der Waals surface area contributed by atoms with E-state index in [0.717, 1.165) is 5.56 Å². The number of nitrogens with one attached hydrogen (secondary N) is 1. The van der Waals surface area contributed by atoms with Crippen molar-refractivity contribution in [3.63, 3.8) is 0 Å². The summed E-state index contributed by atoms with van der Waals surface area (Å²) in [7, 11) is -3.86. The second-order valence-electron chi connectivity index (χ2n) is 5.95. The van der Waals surface area contributed by atoms with Crippen molar-refractivity contribution in [2.24, 2.45) is 5.92 Å². The van der Waals surface area contributed by atoms with Crippen molar-refractivity contribution in [3.8, 4) is 0 Å². The molecule has 0 saturated heterocycles. The van der Waals surface area contributed by atoms with Gasteiger partial charge in [-0.25, -0.2) is 8.42 Å². The van der Waals surface area contributed by atoms with Gasteiger partial charge in [-0.3, -0.25) is 4.72 Å². The lowest BCUT2D eigenvalue weighted by Crippen LogP contribution is -2.15. The van der Waals surface area contributed by atoms with E-state index >= 15 is 0 Å². The predicted octanol–water partition coefficient (Wildman–Crippen LogP) is 5.45. The number of sulfonamides is 1. The molecular formula is C19H21F2NO2S. The van der Waals surface area contributed by atoms with Crippen LogP contribution in [0.4, 0.5) is 14.5 Å². The fraction of sp³-hybridized carbons (Fsp3) is 0.263. The summed E-state index contributed by atoms with van der Waals surface area (Å²) in [5.74, 6) is -0.393. The summed E-state index contributed by atoms with van der Waals surface area (Å²) in [5, 5.41) is 0. The van der Waals surface area contributed by atoms with Gasteiger partial charge in [0.05, 0.1) is 10.6 Å². The van der Waals surface area contributed by atoms with Crippen LogP contribution in [0.2, 0.25) is 0 Å². The van der Waals surface area contributed by atoms with Crippen molar-refractivity contribution in [1.82, 2.24) is 0 Å². The van der Waals surface area contributed by atoms with E-state index in [9.17, 15) is 17.2 Å². The minimum atomic E-state index is -3.86. The number of rotatable bonds is 6. The number of halogens is 2. The summed E-state index contributed by atoms with van der Waals surface area (Å²) >= 11 is 0. The van der Waals surface area contributed by atoms with Crippen molar-refractivity contribution in [2.75, 3.05) is 4.72 Å². The number of hydrogen-bond acceptors (Lipinski definition) is 2. The van der Waals surface area contributed by atoms with E-state index in [1.165, 1.54) is 24.3 Å². The highest BCUT2D eigenvalue weighted by atomic mass is 32.2. The minimum absolute atomic E-state index is 0.0858. The third-order valence-corrected chi connectivity index (χ3v) is 5.48. The molecule has 3 nitrogen and oxygen atoms in total. The van der Waals surface area contributed by atoms with Crippen LogP contribution in [0.1, 0.15) is 31.4 Å². The first kappa shape index (κ1) is 19.1. The Labute approximate surface area is 147 Å². The molecular weight excluding hydrogens is 344 g/mol. The van der Waals surface area contributed by atoms with Crippen LogP contribution >= 0.6 is 0 Å². The van der Waals surface area contributed by atoms with E-state index < -0.39 is 22.0 Å². The summed E-state index contributed by atoms with van der Waals surface area (Å²) in [6, 6.07) is 12.6. The second kappa shape index (κ2) is 7.78. The number of aryl methyl sites for hydroxylation is 1. The van der Waals surface area contributed by atoms with Crippen LogP contribution in [0, 0.1) is 12.8 Å². The zero-order valence-corrected chi connectivity index (χ0v) is 15.2. The third kappa shape index (κ3) is 4.45. The molecule has 1 N–H and O–H groups in total. The largest absolute Gasteiger partial charge is 0.279 e. The lowest BCUT2D eigenvalue weighted by Gasteiger charge is -2.18. The summed E-state index contributed by atoms with van der Waals surface area (Å²) in [4.78, 5) is 0.0858. The summed E-state index contributed by atoms with van der Waals surface area (Å²) in [6.45, 7) is 5.36. The SMILES string of the molecule is CCC(C)C(=C(F)F)c1ccccc1NS(=O)(=O)c1ccc(C)cc1. The van der Waals surface area contributed by atoms with Crippen LogP contribution in [0.5, 0.6) is 0 Å². The molecule has 0 radical (unpaired) electrons. The molecule has 0 fully saturated rings. The number of anilines is 1. The molecule has 0 aromatic heterocycles. The fourth-order valence-electron chi connectivity index (χ4n) is 2.49. The van der Waals surface area contributed by atoms with Crippen molar-refractivity contribution in [2.45, 2.75) is 32.1 Å². The highest BCUT2D eigenvalue weighted by Gasteiger charge is 2.22. The first-order chi connectivity index (χ1) is 11.8. The average Bonchev–Trinajstić information content (AvgIpc) is 2.56. The minimum Gasteiger partial charge on any atom is -0.279 e. The molecule has 134 valence electrons. The molecule has 0 amide bonds. The van der Waals surface area contributed by atoms with Gasteiger partial charge in [-0.15, -0.1) is 0 Å². The number of allylic oxidation sites excluding steroid dienone is 1. The number of hydrogen-bond donors (Lipinski definition) is 1. The van der Waals surface area contributed by atoms with E-state index in [1.54, 1.807) is 31.2 Å². The summed E-state index contributed by atoms with van der Waals surface area (Å²) in [5.41, 5.74) is 1.14. The van der Waals surface area contributed by atoms with E-state index in [1.807, 2.05) is 13.8 Å². The molecule has 25 heavy (non-hydrogen) atoms. The Hall–Kier alpha value is -2.21. The molecule has 0 bridgehead atoms. The Kier molecular flexibility index (Phi) is 5.95. The molecule has 0 aliphatic carbocycles. The standard InChI is InChI=1S/C19H21F2NO2S/c1-4-14(3)18(19(20)21)16-7-5-6-8-17(16)22-25(23,24)15-11-9-13(2)10-12-15/h5-12,14,22H,4H2,1-3H3. The lowest BCUT2D eigenvalue weighted by atomic mass is 9.92. The highest BCUT2D eigenvalue weighted by molar-refractivity contribution is 7.92. The van der Waals surface area contributed by atoms with Gasteiger partial charge in [0, 0.05) is 11.1 Å². The van der Waals surface area contributed by atoms with Gasteiger partial charge >= 0.3 is 0 Å². The van der Waals surface area contributed by atoms with Crippen LogP contribution < -0.4 is 4.72 Å². The summed E-state index contributed by atoms with van der Waals surface area (Å²) in [6.07, 6.45) is -1.28. The molecule has 1 unspecified atom stereocenters. The van der Waals surface area contributed by atoms with Crippen molar-refractivity contribution in [3.05, 3.63) is 65.7 Å². The van der Waals surface area contributed by atoms with Crippen LogP contribution in [0.3, 0.4) is 0 Å². The Morgan fingerprint density at radius 3 is 2.24 bits per heavy atom. The van der Waals surface area contributed by atoms with Gasteiger partial charge in [0.25, 0.3) is 16.1 Å². The van der Waals surface area contributed by atoms with E-state index in [-0.39, 0.29) is 21.7 Å². The van der Waals surface area contributed by atoms with Crippen LogP contribution in [-0.4, -0.2) is 8.42 Å². The van der Waals surface area contributed by atoms with Gasteiger partial charge < -0.3 is 0 Å². The smallest absolute Gasteiger partial charge is 0.274 e. The van der Waals surface area contributed by atoms with Crippen molar-refractivity contribution < 1.29 is 17.2 Å². The Morgan fingerprint density at radius 1 is 1.08 bits per heavy atom. The predicted molar refractivity (Wildman–Crippen MR) is 97.0 cm³/mol. The quantitative estimate of drug-likeness (QED) is 0.740. The first-order valence-corrected chi connectivity index (χ1v) is 9.48. The van der Waals surface area contributed by atoms with Crippen LogP contribution in [0.15, 0.2) is 59.5 Å². The van der Waals surface area contributed by atoms with Crippen LogP contribution in [-0.2, 0) is 10.0 Å². The van der Waals surface area contributed by atoms with Crippen molar-refractivity contribution >= 4 is 21.3 Å². The van der Waals surface area contributed by atoms with Gasteiger partial charge in [-0.05, 0) is 37.5 Å². The lowest BCUT2D eigenvalue weighted by molar-refractivity contribution is 0.417. The van der Waals surface area contributed by atoms with Gasteiger partial charge in [0.2, 0.25) is 0 Å². The second-order valence-corrected chi connectivity index (χ2v) is 7.63. The monoisotopic (exact) mass is 365 g/mol. The molecule has 0 aliphatic rings. The topological polar surface area (TPSA) is 46.2 Å². The normalized spacial score (nSPS) is 12.5. The maximum absolute atomic E-state index is 13.5. The molecule has 0 spiro atoms. The molecule has 1 atom stereocenters.